The predicted octanol–water partition coefficient (Wildman–Crippen LogP) is 0.0356. The summed E-state index contributed by atoms with van der Waals surface area (Å²) in [7, 11) is 3.09. The Bertz CT molecular complexity index is 512. The number of nitrogens with zero attached hydrogens (tertiary/aromatic N) is 2. The number of aliphatic hydroxyl groups is 1. The Hall–Kier alpha value is -1.70. The molecule has 1 aliphatic heterocycles. The van der Waals surface area contributed by atoms with Crippen LogP contribution in [0.3, 0.4) is 0 Å². The van der Waals surface area contributed by atoms with E-state index in [0.717, 1.165) is 18.7 Å². The molecule has 1 aliphatic rings. The highest BCUT2D eigenvalue weighted by Gasteiger charge is 2.30. The molecule has 7 heteroatoms. The molecule has 23 heavy (non-hydrogen) atoms. The number of carbonyl (C=O) groups is 1. The van der Waals surface area contributed by atoms with Crippen LogP contribution in [-0.2, 0) is 16.1 Å². The minimum atomic E-state index is -0.155. The third-order valence-electron chi connectivity index (χ3n) is 4.07. The van der Waals surface area contributed by atoms with Crippen LogP contribution in [-0.4, -0.2) is 67.5 Å². The first-order valence-electron chi connectivity index (χ1n) is 7.77. The lowest BCUT2D eigenvalue weighted by Crippen LogP contribution is -2.53. The number of hydrogen-bond acceptors (Lipinski definition) is 6. The minimum absolute atomic E-state index is 0.0338. The molecule has 0 saturated carbocycles. The largest absolute Gasteiger partial charge is 0.481 e. The molecule has 2 heterocycles. The number of methoxy groups -OCH3 is 2. The normalized spacial score (nSPS) is 21.9. The molecular formula is C16H25N3O4. The van der Waals surface area contributed by atoms with Gasteiger partial charge in [0.1, 0.15) is 6.61 Å². The van der Waals surface area contributed by atoms with Crippen molar-refractivity contribution in [2.24, 2.45) is 5.92 Å². The molecule has 0 spiro atoms. The van der Waals surface area contributed by atoms with Crippen LogP contribution in [0.15, 0.2) is 18.2 Å². The van der Waals surface area contributed by atoms with E-state index in [2.05, 4.69) is 15.2 Å². The number of ether oxygens (including phenoxy) is 2. The van der Waals surface area contributed by atoms with Crippen molar-refractivity contribution in [3.05, 3.63) is 23.9 Å². The fraction of sp³-hybridized carbons (Fsp3) is 0.625. The topological polar surface area (TPSA) is 83.9 Å². The van der Waals surface area contributed by atoms with Gasteiger partial charge >= 0.3 is 0 Å². The average molecular weight is 323 g/mol. The van der Waals surface area contributed by atoms with Gasteiger partial charge in [-0.1, -0.05) is 6.07 Å². The second-order valence-electron chi connectivity index (χ2n) is 5.74. The SMILES string of the molecule is COCC(=O)N[C@@H]1CN(Cc2cccc(OC)n2)CC[C@@H]1CO. The van der Waals surface area contributed by atoms with Crippen LogP contribution < -0.4 is 10.1 Å². The Labute approximate surface area is 136 Å². The molecule has 128 valence electrons. The van der Waals surface area contributed by atoms with Crippen LogP contribution in [0.25, 0.3) is 0 Å². The molecule has 1 aromatic heterocycles. The van der Waals surface area contributed by atoms with Crippen LogP contribution in [0, 0.1) is 5.92 Å². The lowest BCUT2D eigenvalue weighted by molar-refractivity contribution is -0.126. The summed E-state index contributed by atoms with van der Waals surface area (Å²) in [6.45, 7) is 2.33. The first-order valence-corrected chi connectivity index (χ1v) is 7.77. The van der Waals surface area contributed by atoms with Gasteiger partial charge in [-0.15, -0.1) is 0 Å². The summed E-state index contributed by atoms with van der Waals surface area (Å²) in [6.07, 6.45) is 0.832. The molecule has 0 aromatic carbocycles. The summed E-state index contributed by atoms with van der Waals surface area (Å²) < 4.78 is 10.00. The molecule has 2 rings (SSSR count). The van der Waals surface area contributed by atoms with Gasteiger partial charge in [-0.25, -0.2) is 4.98 Å². The Kier molecular flexibility index (Phi) is 6.76. The van der Waals surface area contributed by atoms with Crippen molar-refractivity contribution in [3.63, 3.8) is 0 Å². The van der Waals surface area contributed by atoms with Crippen LogP contribution in [0.5, 0.6) is 5.88 Å². The summed E-state index contributed by atoms with van der Waals surface area (Å²) in [4.78, 5) is 18.4. The third kappa shape index (κ3) is 5.16. The van der Waals surface area contributed by atoms with Gasteiger partial charge in [-0.05, 0) is 19.0 Å². The van der Waals surface area contributed by atoms with Crippen LogP contribution >= 0.6 is 0 Å². The molecule has 2 N–H and O–H groups in total. The second-order valence-corrected chi connectivity index (χ2v) is 5.74. The average Bonchev–Trinajstić information content (AvgIpc) is 2.55. The van der Waals surface area contributed by atoms with Crippen LogP contribution in [0.1, 0.15) is 12.1 Å². The van der Waals surface area contributed by atoms with Crippen molar-refractivity contribution in [3.8, 4) is 5.88 Å². The fourth-order valence-electron chi connectivity index (χ4n) is 2.86. The summed E-state index contributed by atoms with van der Waals surface area (Å²) in [5, 5.41) is 12.5. The maximum atomic E-state index is 11.8. The number of aliphatic hydroxyl groups excluding tert-OH is 1. The van der Waals surface area contributed by atoms with E-state index in [4.69, 9.17) is 9.47 Å². The molecule has 2 atom stereocenters. The fourth-order valence-corrected chi connectivity index (χ4v) is 2.86. The van der Waals surface area contributed by atoms with Crippen molar-refractivity contribution in [1.82, 2.24) is 15.2 Å². The Morgan fingerprint density at radius 1 is 1.48 bits per heavy atom. The van der Waals surface area contributed by atoms with Gasteiger partial charge in [0.15, 0.2) is 0 Å². The number of piperidine rings is 1. The molecule has 1 fully saturated rings. The first kappa shape index (κ1) is 17.7. The van der Waals surface area contributed by atoms with Crippen molar-refractivity contribution >= 4 is 5.91 Å². The standard InChI is InChI=1S/C16H25N3O4/c1-22-11-15(21)18-14-9-19(7-6-12(14)10-20)8-13-4-3-5-16(17-13)23-2/h3-5,12,14,20H,6-11H2,1-2H3,(H,18,21)/t12-,14-/m1/s1. The zero-order valence-electron chi connectivity index (χ0n) is 13.7. The quantitative estimate of drug-likeness (QED) is 0.737. The van der Waals surface area contributed by atoms with E-state index < -0.39 is 0 Å². The number of amides is 1. The van der Waals surface area contributed by atoms with E-state index in [9.17, 15) is 9.90 Å². The first-order chi connectivity index (χ1) is 11.2. The second kappa shape index (κ2) is 8.81. The van der Waals surface area contributed by atoms with Gasteiger partial charge in [-0.2, -0.15) is 0 Å². The van der Waals surface area contributed by atoms with Gasteiger partial charge < -0.3 is 19.9 Å². The number of rotatable bonds is 7. The Balaban J connectivity index is 1.96. The van der Waals surface area contributed by atoms with E-state index in [1.54, 1.807) is 7.11 Å². The summed E-state index contributed by atoms with van der Waals surface area (Å²) >= 11 is 0. The molecule has 1 saturated heterocycles. The maximum absolute atomic E-state index is 11.8. The van der Waals surface area contributed by atoms with Gasteiger partial charge in [0.2, 0.25) is 11.8 Å². The zero-order valence-corrected chi connectivity index (χ0v) is 13.7. The van der Waals surface area contributed by atoms with Gasteiger partial charge in [0.25, 0.3) is 0 Å². The van der Waals surface area contributed by atoms with Gasteiger partial charge in [0.05, 0.1) is 12.8 Å². The highest BCUT2D eigenvalue weighted by atomic mass is 16.5. The minimum Gasteiger partial charge on any atom is -0.481 e. The van der Waals surface area contributed by atoms with E-state index in [1.165, 1.54) is 7.11 Å². The summed E-state index contributed by atoms with van der Waals surface area (Å²) in [5.74, 6) is 0.514. The number of carbonyl (C=O) groups excluding carboxylic acids is 1. The lowest BCUT2D eigenvalue weighted by atomic mass is 9.92. The number of nitrogens with one attached hydrogen (secondary N) is 1. The van der Waals surface area contributed by atoms with Crippen LogP contribution in [0.2, 0.25) is 0 Å². The molecule has 0 unspecified atom stereocenters. The monoisotopic (exact) mass is 323 g/mol. The molecule has 1 amide bonds. The molecule has 0 radical (unpaired) electrons. The highest BCUT2D eigenvalue weighted by molar-refractivity contribution is 5.77. The molecule has 1 aromatic rings. The smallest absolute Gasteiger partial charge is 0.246 e. The summed E-state index contributed by atoms with van der Waals surface area (Å²) in [5.41, 5.74) is 0.925. The van der Waals surface area contributed by atoms with Crippen molar-refractivity contribution in [2.75, 3.05) is 40.5 Å². The van der Waals surface area contributed by atoms with Gasteiger partial charge in [-0.3, -0.25) is 9.69 Å². The third-order valence-corrected chi connectivity index (χ3v) is 4.07. The molecule has 0 bridgehead atoms. The molecule has 7 nitrogen and oxygen atoms in total. The van der Waals surface area contributed by atoms with E-state index in [1.807, 2.05) is 18.2 Å². The van der Waals surface area contributed by atoms with Crippen molar-refractivity contribution in [2.45, 2.75) is 19.0 Å². The number of pyridine rings is 1. The maximum Gasteiger partial charge on any atom is 0.246 e. The zero-order chi connectivity index (χ0) is 16.7. The van der Waals surface area contributed by atoms with E-state index in [-0.39, 0.29) is 31.1 Å². The van der Waals surface area contributed by atoms with Gasteiger partial charge in [0, 0.05) is 44.8 Å². The number of hydrogen-bond donors (Lipinski definition) is 2. The van der Waals surface area contributed by atoms with Crippen molar-refractivity contribution < 1.29 is 19.4 Å². The highest BCUT2D eigenvalue weighted by Crippen LogP contribution is 2.19. The van der Waals surface area contributed by atoms with Crippen molar-refractivity contribution in [1.29, 1.82) is 0 Å². The predicted molar refractivity (Wildman–Crippen MR) is 85.1 cm³/mol. The summed E-state index contributed by atoms with van der Waals surface area (Å²) in [6, 6.07) is 5.61. The number of aromatic nitrogens is 1. The Morgan fingerprint density at radius 2 is 2.30 bits per heavy atom. The lowest BCUT2D eigenvalue weighted by Gasteiger charge is -2.38. The van der Waals surface area contributed by atoms with E-state index in [0.29, 0.717) is 19.0 Å². The van der Waals surface area contributed by atoms with Crippen LogP contribution in [0.4, 0.5) is 0 Å². The number of likely N-dealkylation sites (tertiary alicyclic amines) is 1. The molecule has 0 aliphatic carbocycles. The molecular weight excluding hydrogens is 298 g/mol. The van der Waals surface area contributed by atoms with E-state index >= 15 is 0 Å². The Morgan fingerprint density at radius 3 is 3.00 bits per heavy atom.